The first-order valence-electron chi connectivity index (χ1n) is 47.6. The molecule has 6 nitrogen and oxygen atoms in total. The van der Waals surface area contributed by atoms with E-state index in [0.29, 0.717) is 0 Å². The molecule has 0 bridgehead atoms. The Morgan fingerprint density at radius 2 is 0.806 bits per heavy atom. The number of hydrogen-bond acceptors (Lipinski definition) is 6. The third kappa shape index (κ3) is 12.2. The van der Waals surface area contributed by atoms with Crippen molar-refractivity contribution < 1.29 is 0 Å². The maximum atomic E-state index is 2.93. The molecule has 2 unspecified atom stereocenters. The summed E-state index contributed by atoms with van der Waals surface area (Å²) in [6.45, 7) is 19.7. The van der Waals surface area contributed by atoms with E-state index in [-0.39, 0.29) is 40.7 Å². The maximum absolute atomic E-state index is 2.93. The van der Waals surface area contributed by atoms with Crippen LogP contribution in [0.2, 0.25) is 0 Å². The monoisotopic (exact) mass is 1670 g/mol. The molecular formula is C121H108B2N6. The molecule has 2 saturated carbocycles. The van der Waals surface area contributed by atoms with Crippen LogP contribution in [0.4, 0.5) is 91.0 Å². The quantitative estimate of drug-likeness (QED) is 0.0892. The van der Waals surface area contributed by atoms with Gasteiger partial charge in [-0.05, 0) is 267 Å². The van der Waals surface area contributed by atoms with Crippen molar-refractivity contribution in [1.29, 1.82) is 0 Å². The first-order chi connectivity index (χ1) is 63.1. The van der Waals surface area contributed by atoms with Crippen LogP contribution in [0, 0.1) is 0 Å². The van der Waals surface area contributed by atoms with E-state index in [1.165, 1.54) is 200 Å². The summed E-state index contributed by atoms with van der Waals surface area (Å²) in [7, 11) is 0. The lowest BCUT2D eigenvalue weighted by Crippen LogP contribution is -2.64. The van der Waals surface area contributed by atoms with Crippen LogP contribution in [0.5, 0.6) is 0 Å². The molecule has 2 atom stereocenters. The molecule has 5 aliphatic heterocycles. The number of anilines is 16. The molecule has 0 spiro atoms. The van der Waals surface area contributed by atoms with E-state index in [2.05, 4.69) is 449 Å². The minimum atomic E-state index is -0.259. The summed E-state index contributed by atoms with van der Waals surface area (Å²) in [5, 5.41) is 7.28. The Bertz CT molecular complexity index is 7330. The van der Waals surface area contributed by atoms with Gasteiger partial charge in [-0.1, -0.05) is 328 Å². The van der Waals surface area contributed by atoms with E-state index in [0.717, 1.165) is 77.6 Å². The van der Waals surface area contributed by atoms with E-state index >= 15 is 0 Å². The average molecular weight is 1670 g/mol. The second-order valence-electron chi connectivity index (χ2n) is 40.0. The van der Waals surface area contributed by atoms with Crippen LogP contribution in [0.3, 0.4) is 0 Å². The Kier molecular flexibility index (Phi) is 18.5. The standard InChI is InChI=1S/C121H108B2N6/c1-9-81-42-31-55-101-115(81)128(119(7)71-26-13-27-72-119)109-61-35-59-107-113(109)122(101)99-67-65-90(79-111(99)124(107)88-46-16-11-17-47-88)126(103-57-32-44-83-40-21-24-51-93(83)103)105-70-64-87(78-96(105)85-37-14-10-15-38-85)118(5,6)75-76-121-74-29-28-73-120(121,8)129-110-62-36-60-108-114(110)123(102-56-34-54-98(121)116(102)129)100-68-66-91(80-112(100)125(108)89-48-18-12-19-49-89)127(104-58-33-45-84-41-22-25-52-94(84)104)106-69-63-86(117(2,3)4)77-97(106)95-53-30-43-82-39-20-23-50-92(82)95/h10-12,14-25,30-70,77-80H,9,13,26-29,71-76H2,1-8H3. The van der Waals surface area contributed by atoms with Crippen LogP contribution in [-0.2, 0) is 22.7 Å². The average Bonchev–Trinajstić information content (AvgIpc) is 1.50. The van der Waals surface area contributed by atoms with Gasteiger partial charge in [0.15, 0.2) is 0 Å². The lowest BCUT2D eigenvalue weighted by Gasteiger charge is -2.54. The van der Waals surface area contributed by atoms with Gasteiger partial charge in [-0.3, -0.25) is 0 Å². The zero-order chi connectivity index (χ0) is 86.8. The smallest absolute Gasteiger partial charge is 0.252 e. The molecule has 7 aliphatic rings. The van der Waals surface area contributed by atoms with Gasteiger partial charge in [0, 0.05) is 101 Å². The maximum Gasteiger partial charge on any atom is 0.252 e. The Morgan fingerprint density at radius 1 is 0.341 bits per heavy atom. The molecule has 0 radical (unpaired) electrons. The fourth-order valence-corrected chi connectivity index (χ4v) is 25.1. The van der Waals surface area contributed by atoms with E-state index in [1.54, 1.807) is 0 Å². The number of nitrogens with zero attached hydrogens (tertiary/aromatic N) is 6. The molecular weight excluding hydrogens is 1560 g/mol. The number of aryl methyl sites for hydroxylation is 1. The fraction of sp³-hybridized carbons (Fsp3) is 0.207. The zero-order valence-electron chi connectivity index (χ0n) is 75.5. The Labute approximate surface area is 762 Å². The number of rotatable bonds is 16. The van der Waals surface area contributed by atoms with Gasteiger partial charge < -0.3 is 29.4 Å². The summed E-state index contributed by atoms with van der Waals surface area (Å²) in [6, 6.07) is 141. The van der Waals surface area contributed by atoms with Gasteiger partial charge in [-0.2, -0.15) is 0 Å². The van der Waals surface area contributed by atoms with Crippen LogP contribution < -0.4 is 62.2 Å². The van der Waals surface area contributed by atoms with Gasteiger partial charge in [0.1, 0.15) is 0 Å². The van der Waals surface area contributed by atoms with Crippen LogP contribution in [0.1, 0.15) is 148 Å². The molecule has 0 N–H and O–H groups in total. The normalized spacial score (nSPS) is 17.3. The topological polar surface area (TPSA) is 19.4 Å². The SMILES string of the molecule is CCc1cccc2c1N(C1(C)CCCCC1)c1cccc3c1B2c1ccc(N(c2ccc(C(C)(C)CCC45CCCCC4(C)N4c6cccc7c6B(c6ccc(N(c8ccc(C(C)(C)C)cc8-c8cccc9ccccc89)c8cccc9ccccc89)cc6N7c6ccccc6)c6cccc5c64)cc2-c2ccccc2)c2cccc4ccccc24)cc1N3c1ccccc1. The summed E-state index contributed by atoms with van der Waals surface area (Å²) in [5.41, 5.74) is 37.5. The summed E-state index contributed by atoms with van der Waals surface area (Å²) in [4.78, 5) is 16.2. The van der Waals surface area contributed by atoms with E-state index in [4.69, 9.17) is 0 Å². The molecule has 628 valence electrons. The molecule has 0 aromatic heterocycles. The van der Waals surface area contributed by atoms with Gasteiger partial charge in [0.2, 0.25) is 0 Å². The van der Waals surface area contributed by atoms with Crippen molar-refractivity contribution in [3.8, 4) is 22.3 Å². The second kappa shape index (κ2) is 30.3. The van der Waals surface area contributed by atoms with Gasteiger partial charge in [-0.25, -0.2) is 0 Å². The highest BCUT2D eigenvalue weighted by Crippen LogP contribution is 2.65. The zero-order valence-corrected chi connectivity index (χ0v) is 75.5. The molecule has 17 aromatic rings. The van der Waals surface area contributed by atoms with Crippen LogP contribution in [-0.4, -0.2) is 24.5 Å². The molecule has 2 aliphatic carbocycles. The first-order valence-corrected chi connectivity index (χ1v) is 47.6. The number of fused-ring (bicyclic) bond motifs is 14. The predicted molar refractivity (Wildman–Crippen MR) is 552 cm³/mol. The fourth-order valence-electron chi connectivity index (χ4n) is 25.1. The molecule has 0 amide bonds. The van der Waals surface area contributed by atoms with Crippen molar-refractivity contribution in [2.24, 2.45) is 0 Å². The predicted octanol–water partition coefficient (Wildman–Crippen LogP) is 28.8. The highest BCUT2D eigenvalue weighted by atomic mass is 15.3. The molecule has 0 saturated heterocycles. The van der Waals surface area contributed by atoms with Crippen LogP contribution >= 0.6 is 0 Å². The van der Waals surface area contributed by atoms with Gasteiger partial charge >= 0.3 is 0 Å². The van der Waals surface area contributed by atoms with Gasteiger partial charge in [-0.15, -0.1) is 0 Å². The van der Waals surface area contributed by atoms with Crippen molar-refractivity contribution in [3.05, 3.63) is 386 Å². The van der Waals surface area contributed by atoms with Gasteiger partial charge in [0.05, 0.1) is 28.3 Å². The summed E-state index contributed by atoms with van der Waals surface area (Å²) < 4.78 is 0. The van der Waals surface area contributed by atoms with Crippen LogP contribution in [0.25, 0.3) is 54.6 Å². The number of para-hydroxylation sites is 4. The lowest BCUT2D eigenvalue weighted by molar-refractivity contribution is 0.152. The molecule has 5 heterocycles. The highest BCUT2D eigenvalue weighted by Gasteiger charge is 2.63. The Hall–Kier alpha value is -13.6. The molecule has 17 aromatic carbocycles. The number of benzene rings is 17. The number of hydrogen-bond donors (Lipinski definition) is 0. The third-order valence-electron chi connectivity index (χ3n) is 31.5. The van der Waals surface area contributed by atoms with Crippen molar-refractivity contribution in [2.75, 3.05) is 29.4 Å². The largest absolute Gasteiger partial charge is 0.336 e. The first kappa shape index (κ1) is 78.9. The Morgan fingerprint density at radius 3 is 1.40 bits per heavy atom. The minimum Gasteiger partial charge on any atom is -0.336 e. The Balaban J connectivity index is 0.639. The van der Waals surface area contributed by atoms with Crippen molar-refractivity contribution in [3.63, 3.8) is 0 Å². The molecule has 24 rings (SSSR count). The van der Waals surface area contributed by atoms with Crippen molar-refractivity contribution in [2.45, 2.75) is 160 Å². The summed E-state index contributed by atoms with van der Waals surface area (Å²) in [5.74, 6) is 0. The van der Waals surface area contributed by atoms with E-state index < -0.39 is 0 Å². The summed E-state index contributed by atoms with van der Waals surface area (Å²) in [6.07, 6.45) is 13.7. The molecule has 129 heavy (non-hydrogen) atoms. The van der Waals surface area contributed by atoms with Gasteiger partial charge in [0.25, 0.3) is 13.4 Å². The van der Waals surface area contributed by atoms with Crippen molar-refractivity contribution >= 4 is 170 Å². The lowest BCUT2D eigenvalue weighted by atomic mass is 9.33. The van der Waals surface area contributed by atoms with E-state index in [9.17, 15) is 0 Å². The second-order valence-corrected chi connectivity index (χ2v) is 40.0. The van der Waals surface area contributed by atoms with Crippen molar-refractivity contribution in [1.82, 2.24) is 0 Å². The summed E-state index contributed by atoms with van der Waals surface area (Å²) >= 11 is 0. The minimum absolute atomic E-state index is 0.0143. The van der Waals surface area contributed by atoms with E-state index in [1.807, 2.05) is 0 Å². The molecule has 2 fully saturated rings. The highest BCUT2D eigenvalue weighted by molar-refractivity contribution is 7.01. The van der Waals surface area contributed by atoms with Crippen LogP contribution in [0.15, 0.2) is 364 Å². The molecule has 8 heteroatoms. The third-order valence-corrected chi connectivity index (χ3v) is 31.5.